The van der Waals surface area contributed by atoms with Gasteiger partial charge in [0.1, 0.15) is 22.3 Å². The van der Waals surface area contributed by atoms with E-state index >= 15 is 0 Å². The highest BCUT2D eigenvalue weighted by atomic mass is 16.3. The average Bonchev–Trinajstić information content (AvgIpc) is 3.96. The van der Waals surface area contributed by atoms with E-state index in [1.807, 2.05) is 12.1 Å². The van der Waals surface area contributed by atoms with Crippen molar-refractivity contribution in [2.75, 3.05) is 0 Å². The Balaban J connectivity index is 1.09. The van der Waals surface area contributed by atoms with Gasteiger partial charge in [-0.05, 0) is 120 Å². The molecule has 1 aliphatic rings. The van der Waals surface area contributed by atoms with E-state index in [0.29, 0.717) is 0 Å². The van der Waals surface area contributed by atoms with Gasteiger partial charge in [-0.2, -0.15) is 0 Å². The molecule has 0 unspecified atom stereocenters. The van der Waals surface area contributed by atoms with Crippen LogP contribution < -0.4 is 0 Å². The summed E-state index contributed by atoms with van der Waals surface area (Å²) in [6, 6.07) is 75.4. The third kappa shape index (κ3) is 4.51. The molecule has 2 aromatic heterocycles. The summed E-state index contributed by atoms with van der Waals surface area (Å²) in [6.07, 6.45) is 0. The summed E-state index contributed by atoms with van der Waals surface area (Å²) in [5, 5.41) is 9.30. The van der Waals surface area contributed by atoms with Gasteiger partial charge in [-0.3, -0.25) is 0 Å². The summed E-state index contributed by atoms with van der Waals surface area (Å²) in [7, 11) is 0. The van der Waals surface area contributed by atoms with E-state index in [2.05, 4.69) is 194 Å². The van der Waals surface area contributed by atoms with Crippen molar-refractivity contribution in [3.05, 3.63) is 229 Å². The zero-order chi connectivity index (χ0) is 38.7. The summed E-state index contributed by atoms with van der Waals surface area (Å²) in [5.74, 6) is 0. The third-order valence-corrected chi connectivity index (χ3v) is 12.9. The average molecular weight is 751 g/mol. The molecule has 0 fully saturated rings. The SMILES string of the molecule is c1ccc(C2(c3ccccc3)c3cc(-c4cccc5oc6c7ccccc7ccc6c45)ccc3-c3cc4cccc(-c5ccc6oc7ccccc7c6c5)c4cc32)cc1. The number of benzene rings is 10. The number of rotatable bonds is 4. The molecule has 0 saturated heterocycles. The van der Waals surface area contributed by atoms with E-state index in [9.17, 15) is 0 Å². The molecule has 0 aliphatic heterocycles. The van der Waals surface area contributed by atoms with Crippen LogP contribution in [0.1, 0.15) is 22.3 Å². The van der Waals surface area contributed by atoms with E-state index < -0.39 is 5.41 Å². The summed E-state index contributed by atoms with van der Waals surface area (Å²) in [6.45, 7) is 0. The minimum absolute atomic E-state index is 0.586. The Labute approximate surface area is 340 Å². The lowest BCUT2D eigenvalue weighted by Gasteiger charge is -2.34. The van der Waals surface area contributed by atoms with Crippen molar-refractivity contribution in [1.29, 1.82) is 0 Å². The van der Waals surface area contributed by atoms with Crippen LogP contribution in [0.3, 0.4) is 0 Å². The van der Waals surface area contributed by atoms with Crippen LogP contribution in [0.2, 0.25) is 0 Å². The fraction of sp³-hybridized carbons (Fsp3) is 0.0175. The standard InChI is InChI=1S/C57H34O2/c1-3-15-39(16-4-1)57(40-17-5-2-6-18-40)50-33-38(42-22-12-24-54-55(42)46-29-25-35-13-7-8-19-43(35)56(46)59-54)26-28-44(50)48-31-36-14-11-21-41(47(36)34-51(48)57)37-27-30-53-49(32-37)45-20-9-10-23-52(45)58-53/h1-34H. The van der Waals surface area contributed by atoms with Crippen LogP contribution >= 0.6 is 0 Å². The van der Waals surface area contributed by atoms with Gasteiger partial charge in [-0.15, -0.1) is 0 Å². The lowest BCUT2D eigenvalue weighted by molar-refractivity contribution is 0.669. The van der Waals surface area contributed by atoms with Crippen molar-refractivity contribution < 1.29 is 8.83 Å². The number of hydrogen-bond donors (Lipinski definition) is 0. The zero-order valence-corrected chi connectivity index (χ0v) is 31.9. The monoisotopic (exact) mass is 750 g/mol. The van der Waals surface area contributed by atoms with Gasteiger partial charge in [0.05, 0.1) is 5.41 Å². The van der Waals surface area contributed by atoms with Gasteiger partial charge in [0.25, 0.3) is 0 Å². The second kappa shape index (κ2) is 12.2. The number of hydrogen-bond acceptors (Lipinski definition) is 2. The molecule has 0 atom stereocenters. The van der Waals surface area contributed by atoms with Crippen LogP contribution in [-0.4, -0.2) is 0 Å². The second-order valence-electron chi connectivity index (χ2n) is 15.9. The van der Waals surface area contributed by atoms with Crippen molar-refractivity contribution in [2.24, 2.45) is 0 Å². The molecule has 0 N–H and O–H groups in total. The van der Waals surface area contributed by atoms with E-state index in [0.717, 1.165) is 49.3 Å². The Kier molecular flexibility index (Phi) is 6.68. The van der Waals surface area contributed by atoms with Crippen LogP contribution in [-0.2, 0) is 5.41 Å². The Morgan fingerprint density at radius 1 is 0.305 bits per heavy atom. The van der Waals surface area contributed by atoms with E-state index in [4.69, 9.17) is 8.83 Å². The first-order valence-electron chi connectivity index (χ1n) is 20.3. The quantitative estimate of drug-likeness (QED) is 0.179. The zero-order valence-electron chi connectivity index (χ0n) is 31.9. The maximum Gasteiger partial charge on any atom is 0.143 e. The van der Waals surface area contributed by atoms with E-state index in [1.54, 1.807) is 0 Å². The topological polar surface area (TPSA) is 26.3 Å². The summed E-state index contributed by atoms with van der Waals surface area (Å²) in [4.78, 5) is 0. The molecule has 1 aliphatic carbocycles. The summed E-state index contributed by atoms with van der Waals surface area (Å²) in [5.41, 5.74) is 15.3. The summed E-state index contributed by atoms with van der Waals surface area (Å²) < 4.78 is 12.9. The lowest BCUT2D eigenvalue weighted by atomic mass is 9.67. The Bertz CT molecular complexity index is 3620. The van der Waals surface area contributed by atoms with Crippen LogP contribution in [0.25, 0.3) is 98.8 Å². The minimum atomic E-state index is -0.586. The van der Waals surface area contributed by atoms with Crippen LogP contribution in [0.4, 0.5) is 0 Å². The number of fused-ring (bicyclic) bond motifs is 12. The lowest BCUT2D eigenvalue weighted by Crippen LogP contribution is -2.28. The molecule has 2 heterocycles. The van der Waals surface area contributed by atoms with Crippen LogP contribution in [0.15, 0.2) is 215 Å². The smallest absolute Gasteiger partial charge is 0.143 e. The molecule has 0 radical (unpaired) electrons. The maximum atomic E-state index is 6.68. The Morgan fingerprint density at radius 2 is 0.949 bits per heavy atom. The summed E-state index contributed by atoms with van der Waals surface area (Å²) >= 11 is 0. The normalized spacial score (nSPS) is 13.2. The minimum Gasteiger partial charge on any atom is -0.456 e. The van der Waals surface area contributed by atoms with Gasteiger partial charge >= 0.3 is 0 Å². The largest absolute Gasteiger partial charge is 0.456 e. The predicted octanol–water partition coefficient (Wildman–Crippen LogP) is 15.5. The van der Waals surface area contributed by atoms with Gasteiger partial charge in [-0.25, -0.2) is 0 Å². The van der Waals surface area contributed by atoms with Gasteiger partial charge in [0.15, 0.2) is 0 Å². The molecular formula is C57H34O2. The molecule has 0 saturated carbocycles. The highest BCUT2D eigenvalue weighted by Crippen LogP contribution is 2.58. The fourth-order valence-electron chi connectivity index (χ4n) is 10.4. The van der Waals surface area contributed by atoms with Crippen molar-refractivity contribution >= 4 is 65.4 Å². The molecule has 274 valence electrons. The molecular weight excluding hydrogens is 717 g/mol. The van der Waals surface area contributed by atoms with E-state index in [1.165, 1.54) is 71.8 Å². The van der Waals surface area contributed by atoms with E-state index in [-0.39, 0.29) is 0 Å². The first kappa shape index (κ1) is 32.4. The maximum absolute atomic E-state index is 6.68. The number of furan rings is 2. The predicted molar refractivity (Wildman–Crippen MR) is 244 cm³/mol. The molecule has 0 spiro atoms. The van der Waals surface area contributed by atoms with Crippen LogP contribution in [0.5, 0.6) is 0 Å². The molecule has 2 heteroatoms. The first-order chi connectivity index (χ1) is 29.2. The second-order valence-corrected chi connectivity index (χ2v) is 15.9. The van der Waals surface area contributed by atoms with Crippen molar-refractivity contribution in [3.8, 4) is 33.4 Å². The molecule has 0 bridgehead atoms. The fourth-order valence-corrected chi connectivity index (χ4v) is 10.4. The van der Waals surface area contributed by atoms with Crippen LogP contribution in [0, 0.1) is 0 Å². The molecule has 59 heavy (non-hydrogen) atoms. The highest BCUT2D eigenvalue weighted by molar-refractivity contribution is 6.19. The molecule has 2 nitrogen and oxygen atoms in total. The highest BCUT2D eigenvalue weighted by Gasteiger charge is 2.46. The van der Waals surface area contributed by atoms with Crippen molar-refractivity contribution in [2.45, 2.75) is 5.41 Å². The number of para-hydroxylation sites is 1. The Hall–Kier alpha value is -7.68. The van der Waals surface area contributed by atoms with Crippen molar-refractivity contribution in [1.82, 2.24) is 0 Å². The van der Waals surface area contributed by atoms with Gasteiger partial charge < -0.3 is 8.83 Å². The molecule has 0 amide bonds. The molecule has 12 aromatic rings. The van der Waals surface area contributed by atoms with Gasteiger partial charge in [0.2, 0.25) is 0 Å². The molecule has 13 rings (SSSR count). The Morgan fingerprint density at radius 3 is 1.80 bits per heavy atom. The van der Waals surface area contributed by atoms with Gasteiger partial charge in [0, 0.05) is 26.9 Å². The third-order valence-electron chi connectivity index (χ3n) is 12.9. The van der Waals surface area contributed by atoms with Crippen molar-refractivity contribution in [3.63, 3.8) is 0 Å². The molecule has 10 aromatic carbocycles. The van der Waals surface area contributed by atoms with Gasteiger partial charge in [-0.1, -0.05) is 158 Å². The first-order valence-corrected chi connectivity index (χ1v) is 20.3.